The predicted molar refractivity (Wildman–Crippen MR) is 117 cm³/mol. The molecule has 2 heterocycles. The number of fused-ring (bicyclic) bond motifs is 1. The number of halogens is 2. The zero-order valence-electron chi connectivity index (χ0n) is 17.0. The predicted octanol–water partition coefficient (Wildman–Crippen LogP) is 4.95. The lowest BCUT2D eigenvalue weighted by Gasteiger charge is -2.38. The van der Waals surface area contributed by atoms with Gasteiger partial charge >= 0.3 is 0 Å². The summed E-state index contributed by atoms with van der Waals surface area (Å²) in [4.78, 5) is 7.04. The first-order valence-electron chi connectivity index (χ1n) is 10.3. The second-order valence-corrected chi connectivity index (χ2v) is 11.5. The summed E-state index contributed by atoms with van der Waals surface area (Å²) < 4.78 is 56.7. The summed E-state index contributed by atoms with van der Waals surface area (Å²) in [5.41, 5.74) is 0.0299. The average molecular weight is 456 g/mol. The molecule has 5 nitrogen and oxygen atoms in total. The van der Waals surface area contributed by atoms with E-state index < -0.39 is 21.4 Å². The van der Waals surface area contributed by atoms with Gasteiger partial charge in [-0.15, -0.1) is 0 Å². The van der Waals surface area contributed by atoms with Gasteiger partial charge in [-0.25, -0.2) is 26.9 Å². The van der Waals surface area contributed by atoms with Crippen LogP contribution in [0.25, 0.3) is 10.2 Å². The number of nitrogens with one attached hydrogen (secondary N) is 1. The van der Waals surface area contributed by atoms with Gasteiger partial charge in [-0.2, -0.15) is 0 Å². The Kier molecular flexibility index (Phi) is 5.89. The van der Waals surface area contributed by atoms with Crippen LogP contribution < -0.4 is 9.62 Å². The molecule has 1 aromatic carbocycles. The third kappa shape index (κ3) is 4.84. The van der Waals surface area contributed by atoms with Gasteiger partial charge in [0.15, 0.2) is 5.13 Å². The minimum absolute atomic E-state index is 0.0116. The molecule has 0 spiro atoms. The Bertz CT molecular complexity index is 1040. The zero-order valence-corrected chi connectivity index (χ0v) is 18.7. The van der Waals surface area contributed by atoms with Gasteiger partial charge < -0.3 is 4.90 Å². The van der Waals surface area contributed by atoms with Crippen molar-refractivity contribution in [1.29, 1.82) is 0 Å². The van der Waals surface area contributed by atoms with E-state index in [1.807, 2.05) is 0 Å². The van der Waals surface area contributed by atoms with Crippen molar-refractivity contribution in [2.45, 2.75) is 56.3 Å². The highest BCUT2D eigenvalue weighted by atomic mass is 32.2. The second kappa shape index (κ2) is 8.16. The maximum atomic E-state index is 13.8. The zero-order chi connectivity index (χ0) is 21.4. The van der Waals surface area contributed by atoms with Gasteiger partial charge in [0, 0.05) is 32.5 Å². The molecule has 0 saturated heterocycles. The largest absolute Gasteiger partial charge is 0.347 e. The van der Waals surface area contributed by atoms with E-state index in [9.17, 15) is 17.2 Å². The molecule has 1 atom stereocenters. The molecule has 1 fully saturated rings. The number of aromatic nitrogens is 1. The Hall–Kier alpha value is -1.58. The minimum Gasteiger partial charge on any atom is -0.347 e. The summed E-state index contributed by atoms with van der Waals surface area (Å²) in [6, 6.07) is 4.89. The van der Waals surface area contributed by atoms with Crippen LogP contribution in [0, 0.1) is 5.41 Å². The molecule has 9 heteroatoms. The number of nitrogens with zero attached hydrogens (tertiary/aromatic N) is 2. The molecule has 1 aromatic heterocycles. The Morgan fingerprint density at radius 3 is 2.63 bits per heavy atom. The number of alkyl halides is 2. The average Bonchev–Trinajstić information content (AvgIpc) is 2.90. The molecule has 1 saturated carbocycles. The highest BCUT2D eigenvalue weighted by Crippen LogP contribution is 2.44. The number of sulfonamides is 1. The normalized spacial score (nSPS) is 24.8. The molecular formula is C21H27F2N3O2S2. The number of benzene rings is 1. The Balaban J connectivity index is 1.50. The lowest BCUT2D eigenvalue weighted by molar-refractivity contribution is -0.0759. The fraction of sp³-hybridized carbons (Fsp3) is 0.571. The molecule has 2 aromatic rings. The Morgan fingerprint density at radius 1 is 1.20 bits per heavy atom. The van der Waals surface area contributed by atoms with Crippen LogP contribution in [0.5, 0.6) is 0 Å². The summed E-state index contributed by atoms with van der Waals surface area (Å²) >= 11 is 1.48. The summed E-state index contributed by atoms with van der Waals surface area (Å²) in [7, 11) is -3.79. The first-order valence-corrected chi connectivity index (χ1v) is 12.6. The summed E-state index contributed by atoms with van der Waals surface area (Å²) in [5.74, 6) is -2.72. The lowest BCUT2D eigenvalue weighted by atomic mass is 9.74. The highest BCUT2D eigenvalue weighted by molar-refractivity contribution is 7.89. The van der Waals surface area contributed by atoms with Crippen molar-refractivity contribution in [3.63, 3.8) is 0 Å². The van der Waals surface area contributed by atoms with Crippen LogP contribution in [0.4, 0.5) is 13.9 Å². The molecule has 1 N–H and O–H groups in total. The van der Waals surface area contributed by atoms with E-state index in [1.54, 1.807) is 19.1 Å². The topological polar surface area (TPSA) is 62.3 Å². The van der Waals surface area contributed by atoms with Crippen molar-refractivity contribution >= 4 is 36.7 Å². The van der Waals surface area contributed by atoms with Crippen molar-refractivity contribution in [3.05, 3.63) is 30.4 Å². The first kappa shape index (κ1) is 21.6. The van der Waals surface area contributed by atoms with Gasteiger partial charge in [0.25, 0.3) is 0 Å². The van der Waals surface area contributed by atoms with E-state index in [2.05, 4.69) is 26.8 Å². The summed E-state index contributed by atoms with van der Waals surface area (Å²) in [6.45, 7) is 3.54. The Morgan fingerprint density at radius 2 is 1.93 bits per heavy atom. The molecule has 1 aliphatic carbocycles. The van der Waals surface area contributed by atoms with Gasteiger partial charge in [0.2, 0.25) is 15.9 Å². The fourth-order valence-corrected chi connectivity index (χ4v) is 6.63. The van der Waals surface area contributed by atoms with Crippen LogP contribution in [0.15, 0.2) is 35.2 Å². The van der Waals surface area contributed by atoms with Crippen molar-refractivity contribution in [1.82, 2.24) is 9.71 Å². The smallest absolute Gasteiger partial charge is 0.248 e. The SMILES string of the molecule is CC1(CNS(=O)(=O)c2ccc3nc(N4CCC=CCC4)sc3c2)CCCC(F)(F)C1. The van der Waals surface area contributed by atoms with E-state index in [0.29, 0.717) is 12.8 Å². The molecule has 0 radical (unpaired) electrons. The number of thiazole rings is 1. The third-order valence-corrected chi connectivity index (χ3v) is 8.40. The Labute approximate surface area is 180 Å². The van der Waals surface area contributed by atoms with Crippen molar-refractivity contribution in [2.24, 2.45) is 5.41 Å². The van der Waals surface area contributed by atoms with E-state index in [0.717, 1.165) is 41.3 Å². The number of anilines is 1. The van der Waals surface area contributed by atoms with E-state index in [-0.39, 0.29) is 24.3 Å². The van der Waals surface area contributed by atoms with Gasteiger partial charge in [-0.1, -0.05) is 30.4 Å². The van der Waals surface area contributed by atoms with E-state index in [1.165, 1.54) is 17.4 Å². The molecule has 0 amide bonds. The van der Waals surface area contributed by atoms with Crippen LogP contribution >= 0.6 is 11.3 Å². The molecule has 164 valence electrons. The molecular weight excluding hydrogens is 428 g/mol. The second-order valence-electron chi connectivity index (χ2n) is 8.68. The molecule has 30 heavy (non-hydrogen) atoms. The van der Waals surface area contributed by atoms with Crippen LogP contribution in [0.2, 0.25) is 0 Å². The molecule has 0 bridgehead atoms. The van der Waals surface area contributed by atoms with E-state index in [4.69, 9.17) is 0 Å². The van der Waals surface area contributed by atoms with Crippen molar-refractivity contribution in [2.75, 3.05) is 24.5 Å². The summed E-state index contributed by atoms with van der Waals surface area (Å²) in [5, 5.41) is 0.896. The maximum Gasteiger partial charge on any atom is 0.248 e. The van der Waals surface area contributed by atoms with Gasteiger partial charge in [-0.05, 0) is 49.3 Å². The molecule has 4 rings (SSSR count). The maximum absolute atomic E-state index is 13.8. The highest BCUT2D eigenvalue weighted by Gasteiger charge is 2.43. The van der Waals surface area contributed by atoms with Crippen molar-refractivity contribution in [3.8, 4) is 0 Å². The van der Waals surface area contributed by atoms with E-state index >= 15 is 0 Å². The first-order chi connectivity index (χ1) is 14.2. The fourth-order valence-electron chi connectivity index (χ4n) is 4.27. The quantitative estimate of drug-likeness (QED) is 0.648. The van der Waals surface area contributed by atoms with Gasteiger partial charge in [0.1, 0.15) is 0 Å². The molecule has 1 unspecified atom stereocenters. The van der Waals surface area contributed by atoms with Crippen molar-refractivity contribution < 1.29 is 17.2 Å². The standard InChI is InChI=1S/C21H27F2N3O2S2/c1-20(9-6-10-21(22,23)14-20)15-24-30(27,28)16-7-8-17-18(13-16)29-19(25-17)26-11-4-2-3-5-12-26/h2-3,7-8,13,24H,4-6,9-12,14-15H2,1H3. The molecule has 1 aliphatic heterocycles. The number of rotatable bonds is 5. The number of hydrogen-bond donors (Lipinski definition) is 1. The number of hydrogen-bond acceptors (Lipinski definition) is 5. The lowest BCUT2D eigenvalue weighted by Crippen LogP contribution is -2.42. The van der Waals surface area contributed by atoms with Crippen LogP contribution in [-0.4, -0.2) is 39.0 Å². The minimum atomic E-state index is -3.79. The van der Waals surface area contributed by atoms with Crippen LogP contribution in [0.3, 0.4) is 0 Å². The van der Waals surface area contributed by atoms with Crippen LogP contribution in [0.1, 0.15) is 45.4 Å². The molecule has 2 aliphatic rings. The third-order valence-electron chi connectivity index (χ3n) is 5.92. The van der Waals surface area contributed by atoms with Gasteiger partial charge in [0.05, 0.1) is 15.1 Å². The van der Waals surface area contributed by atoms with Gasteiger partial charge in [-0.3, -0.25) is 0 Å². The van der Waals surface area contributed by atoms with Crippen LogP contribution in [-0.2, 0) is 10.0 Å². The monoisotopic (exact) mass is 455 g/mol. The summed E-state index contributed by atoms with van der Waals surface area (Å²) in [6.07, 6.45) is 6.88.